The molecule has 0 aromatic heterocycles. The number of hydrogen-bond acceptors (Lipinski definition) is 0. The Bertz CT molecular complexity index is 68.9. The summed E-state index contributed by atoms with van der Waals surface area (Å²) in [7, 11) is -12.0. The van der Waals surface area contributed by atoms with Gasteiger partial charge in [-0.3, -0.25) is 0 Å². The molecule has 0 fully saturated rings. The smallest absolute Gasteiger partial charge is 2.00 e. The van der Waals surface area contributed by atoms with Crippen molar-refractivity contribution in [3.8, 4) is 0 Å². The first kappa shape index (κ1) is 44.4. The van der Waals surface area contributed by atoms with E-state index in [9.17, 15) is 34.5 Å². The first-order chi connectivity index (χ1) is 4.00. The molecule has 0 saturated carbocycles. The molecule has 0 aliphatic rings. The van der Waals surface area contributed by atoms with Gasteiger partial charge in [-0.25, -0.2) is 0 Å². The van der Waals surface area contributed by atoms with Crippen LogP contribution in [0.1, 0.15) is 0 Å². The summed E-state index contributed by atoms with van der Waals surface area (Å²) >= 11 is 0. The molecule has 0 radical (unpaired) electrons. The molecule has 0 aliphatic carbocycles. The fraction of sp³-hybridized carbons (Fsp3) is 0. The molecule has 0 spiro atoms. The average Bonchev–Trinajstić information content (AvgIpc) is 1.12. The monoisotopic (exact) mass is 374 g/mol. The van der Waals surface area contributed by atoms with Gasteiger partial charge in [-0.15, -0.1) is 0 Å². The van der Waals surface area contributed by atoms with Crippen molar-refractivity contribution in [1.29, 1.82) is 0 Å². The van der Waals surface area contributed by atoms with Crippen molar-refractivity contribution in [2.45, 2.75) is 0 Å². The van der Waals surface area contributed by atoms with E-state index in [1.54, 1.807) is 0 Å². The molecular formula is B2F8Fe3O2. The van der Waals surface area contributed by atoms with Gasteiger partial charge in [0.05, 0.1) is 0 Å². The molecule has 2 nitrogen and oxygen atoms in total. The van der Waals surface area contributed by atoms with E-state index in [0.29, 0.717) is 0 Å². The molecule has 0 heterocycles. The maximum Gasteiger partial charge on any atom is 2.00 e. The standard InChI is InChI=1S/2BF4.3Fe.2O/c2*2-1(3,4)5;;;;;/q2*-1;3*+2;2*-2. The van der Waals surface area contributed by atoms with Gasteiger partial charge in [-0.05, 0) is 0 Å². The zero-order valence-electron chi connectivity index (χ0n) is 6.06. The average molecular weight is 373 g/mol. The van der Waals surface area contributed by atoms with E-state index in [-0.39, 0.29) is 62.2 Å². The van der Waals surface area contributed by atoms with Gasteiger partial charge in [0.15, 0.2) is 0 Å². The molecule has 15 heavy (non-hydrogen) atoms. The summed E-state index contributed by atoms with van der Waals surface area (Å²) in [4.78, 5) is 0. The topological polar surface area (TPSA) is 57.0 Å². The minimum atomic E-state index is -6.00. The van der Waals surface area contributed by atoms with Crippen LogP contribution >= 0.6 is 0 Å². The third kappa shape index (κ3) is 2330. The van der Waals surface area contributed by atoms with Crippen molar-refractivity contribution < 1.29 is 96.7 Å². The summed E-state index contributed by atoms with van der Waals surface area (Å²) in [5.41, 5.74) is 0. The van der Waals surface area contributed by atoms with Crippen LogP contribution in [0.2, 0.25) is 0 Å². The van der Waals surface area contributed by atoms with Gasteiger partial charge in [0, 0.05) is 0 Å². The quantitative estimate of drug-likeness (QED) is 0.463. The number of rotatable bonds is 0. The number of halogens is 8. The van der Waals surface area contributed by atoms with Crippen LogP contribution in [-0.4, -0.2) is 14.5 Å². The minimum absolute atomic E-state index is 0. The van der Waals surface area contributed by atoms with E-state index in [0.717, 1.165) is 0 Å². The minimum Gasteiger partial charge on any atom is -2.00 e. The Kier molecular flexibility index (Phi) is 51.6. The van der Waals surface area contributed by atoms with E-state index in [1.807, 2.05) is 0 Å². The predicted molar refractivity (Wildman–Crippen MR) is 21.7 cm³/mol. The third-order valence-electron chi connectivity index (χ3n) is 0. The molecule has 0 amide bonds. The first-order valence-corrected chi connectivity index (χ1v) is 1.75. The summed E-state index contributed by atoms with van der Waals surface area (Å²) < 4.78 is 78.0. The Balaban J connectivity index is -0.0000000128. The van der Waals surface area contributed by atoms with Crippen LogP contribution in [0.15, 0.2) is 0 Å². The Morgan fingerprint density at radius 1 is 0.400 bits per heavy atom. The van der Waals surface area contributed by atoms with E-state index >= 15 is 0 Å². The maximum absolute atomic E-state index is 9.75. The Morgan fingerprint density at radius 3 is 0.400 bits per heavy atom. The molecule has 98 valence electrons. The van der Waals surface area contributed by atoms with Crippen molar-refractivity contribution in [2.24, 2.45) is 0 Å². The van der Waals surface area contributed by atoms with Crippen LogP contribution in [0.25, 0.3) is 0 Å². The van der Waals surface area contributed by atoms with Crippen molar-refractivity contribution in [3.05, 3.63) is 0 Å². The van der Waals surface area contributed by atoms with Gasteiger partial charge in [-0.1, -0.05) is 0 Å². The molecule has 0 unspecified atom stereocenters. The van der Waals surface area contributed by atoms with Crippen molar-refractivity contribution in [1.82, 2.24) is 0 Å². The fourth-order valence-electron chi connectivity index (χ4n) is 0. The summed E-state index contributed by atoms with van der Waals surface area (Å²) in [5, 5.41) is 0. The van der Waals surface area contributed by atoms with Gasteiger partial charge in [0.1, 0.15) is 0 Å². The third-order valence-corrected chi connectivity index (χ3v) is 0. The van der Waals surface area contributed by atoms with Crippen LogP contribution in [0.4, 0.5) is 34.5 Å². The first-order valence-electron chi connectivity index (χ1n) is 1.75. The van der Waals surface area contributed by atoms with Crippen LogP contribution in [-0.2, 0) is 62.2 Å². The van der Waals surface area contributed by atoms with Crippen molar-refractivity contribution in [3.63, 3.8) is 0 Å². The van der Waals surface area contributed by atoms with Gasteiger partial charge in [-0.2, -0.15) is 0 Å². The second-order valence-corrected chi connectivity index (χ2v) is 0.990. The second-order valence-electron chi connectivity index (χ2n) is 0.990. The molecule has 0 aliphatic heterocycles. The molecule has 0 saturated heterocycles. The Hall–Kier alpha value is 1.05. The molecule has 0 N–H and O–H groups in total. The summed E-state index contributed by atoms with van der Waals surface area (Å²) in [6.07, 6.45) is 0. The van der Waals surface area contributed by atoms with Crippen LogP contribution in [0.5, 0.6) is 0 Å². The second kappa shape index (κ2) is 17.4. The van der Waals surface area contributed by atoms with Gasteiger partial charge in [0.2, 0.25) is 0 Å². The van der Waals surface area contributed by atoms with Gasteiger partial charge < -0.3 is 45.5 Å². The van der Waals surface area contributed by atoms with E-state index in [1.165, 1.54) is 0 Å². The maximum atomic E-state index is 9.75. The molecule has 15 heteroatoms. The van der Waals surface area contributed by atoms with Crippen molar-refractivity contribution in [2.75, 3.05) is 0 Å². The fourth-order valence-corrected chi connectivity index (χ4v) is 0. The molecule has 0 atom stereocenters. The molecular weight excluding hydrogens is 373 g/mol. The predicted octanol–water partition coefficient (Wildman–Crippen LogP) is 2.35. The zero-order chi connectivity index (χ0) is 9.00. The van der Waals surface area contributed by atoms with Crippen LogP contribution < -0.4 is 0 Å². The Morgan fingerprint density at radius 2 is 0.400 bits per heavy atom. The number of hydrogen-bond donors (Lipinski definition) is 0. The van der Waals surface area contributed by atoms with Crippen molar-refractivity contribution >= 4 is 14.5 Å². The SMILES string of the molecule is F[B-](F)(F)F.F[B-](F)(F)F.[Fe+2].[Fe+2].[Fe+2].[O-2].[O-2]. The van der Waals surface area contributed by atoms with Gasteiger partial charge in [0.25, 0.3) is 0 Å². The zero-order valence-corrected chi connectivity index (χ0v) is 9.37. The molecule has 0 bridgehead atoms. The van der Waals surface area contributed by atoms with E-state index < -0.39 is 14.5 Å². The summed E-state index contributed by atoms with van der Waals surface area (Å²) in [6, 6.07) is 0. The summed E-state index contributed by atoms with van der Waals surface area (Å²) in [5.74, 6) is 0. The largest absolute Gasteiger partial charge is 2.00 e. The molecule has 0 rings (SSSR count). The Labute approximate surface area is 111 Å². The van der Waals surface area contributed by atoms with Gasteiger partial charge >= 0.3 is 65.7 Å². The molecule has 0 aromatic carbocycles. The van der Waals surface area contributed by atoms with E-state index in [4.69, 9.17) is 0 Å². The summed E-state index contributed by atoms with van der Waals surface area (Å²) in [6.45, 7) is 0. The normalized spacial score (nSPS) is 8.00. The van der Waals surface area contributed by atoms with E-state index in [2.05, 4.69) is 0 Å². The molecule has 0 aromatic rings. The van der Waals surface area contributed by atoms with Crippen LogP contribution in [0, 0.1) is 0 Å². The van der Waals surface area contributed by atoms with Crippen LogP contribution in [0.3, 0.4) is 0 Å².